The average molecular weight is 266 g/mol. The topological polar surface area (TPSA) is 84.6 Å². The summed E-state index contributed by atoms with van der Waals surface area (Å²) in [4.78, 5) is 12.1. The van der Waals surface area contributed by atoms with Crippen LogP contribution in [0.15, 0.2) is 18.2 Å². The first-order valence-electron chi connectivity index (χ1n) is 6.37. The van der Waals surface area contributed by atoms with Gasteiger partial charge in [0.1, 0.15) is 0 Å². The Hall–Kier alpha value is -1.75. The van der Waals surface area contributed by atoms with E-state index in [9.17, 15) is 9.90 Å². The third-order valence-corrected chi connectivity index (χ3v) is 3.04. The lowest BCUT2D eigenvalue weighted by Crippen LogP contribution is -2.39. The minimum atomic E-state index is -0.217. The van der Waals surface area contributed by atoms with Gasteiger partial charge in [0.2, 0.25) is 0 Å². The van der Waals surface area contributed by atoms with Gasteiger partial charge < -0.3 is 20.9 Å². The molecular formula is C14H22N2O3. The molecule has 1 aromatic rings. The Bertz CT molecular complexity index is 433. The Kier molecular flexibility index (Phi) is 5.63. The first-order chi connectivity index (χ1) is 8.99. The van der Waals surface area contributed by atoms with Gasteiger partial charge in [-0.3, -0.25) is 4.79 Å². The zero-order valence-electron chi connectivity index (χ0n) is 11.6. The number of rotatable bonds is 6. The van der Waals surface area contributed by atoms with Gasteiger partial charge in [0.05, 0.1) is 7.11 Å². The van der Waals surface area contributed by atoms with Gasteiger partial charge in [0, 0.05) is 11.6 Å². The molecule has 0 fully saturated rings. The number of hydrogen-bond donors (Lipinski definition) is 3. The molecule has 0 spiro atoms. The number of aromatic hydroxyl groups is 1. The zero-order valence-corrected chi connectivity index (χ0v) is 11.6. The number of amides is 1. The van der Waals surface area contributed by atoms with E-state index in [1.807, 2.05) is 13.8 Å². The molecule has 1 unspecified atom stereocenters. The molecule has 0 aromatic heterocycles. The van der Waals surface area contributed by atoms with Gasteiger partial charge in [-0.1, -0.05) is 13.8 Å². The summed E-state index contributed by atoms with van der Waals surface area (Å²) in [6.45, 7) is 4.59. The molecule has 0 radical (unpaired) electrons. The van der Waals surface area contributed by atoms with E-state index >= 15 is 0 Å². The van der Waals surface area contributed by atoms with E-state index in [2.05, 4.69) is 5.32 Å². The maximum atomic E-state index is 12.1. The fourth-order valence-corrected chi connectivity index (χ4v) is 1.83. The van der Waals surface area contributed by atoms with Crippen molar-refractivity contribution in [2.24, 2.45) is 11.7 Å². The van der Waals surface area contributed by atoms with Gasteiger partial charge >= 0.3 is 0 Å². The summed E-state index contributed by atoms with van der Waals surface area (Å²) >= 11 is 0. The minimum Gasteiger partial charge on any atom is -0.504 e. The first-order valence-corrected chi connectivity index (χ1v) is 6.37. The lowest BCUT2D eigenvalue weighted by Gasteiger charge is -2.21. The first kappa shape index (κ1) is 15.3. The SMILES string of the molecule is COc1ccc(C(=O)NC(CCN)C(C)C)cc1O. The highest BCUT2D eigenvalue weighted by molar-refractivity contribution is 5.95. The van der Waals surface area contributed by atoms with Crippen LogP contribution in [0.1, 0.15) is 30.6 Å². The maximum Gasteiger partial charge on any atom is 0.251 e. The van der Waals surface area contributed by atoms with Crippen LogP contribution in [0, 0.1) is 5.92 Å². The quantitative estimate of drug-likeness (QED) is 0.728. The number of hydrogen-bond acceptors (Lipinski definition) is 4. The molecule has 19 heavy (non-hydrogen) atoms. The Morgan fingerprint density at radius 1 is 1.47 bits per heavy atom. The Morgan fingerprint density at radius 2 is 2.16 bits per heavy atom. The second-order valence-electron chi connectivity index (χ2n) is 4.79. The van der Waals surface area contributed by atoms with E-state index in [4.69, 9.17) is 10.5 Å². The molecule has 5 nitrogen and oxygen atoms in total. The molecule has 106 valence electrons. The van der Waals surface area contributed by atoms with Crippen LogP contribution in [0.25, 0.3) is 0 Å². The normalized spacial score (nSPS) is 12.3. The number of carbonyl (C=O) groups is 1. The lowest BCUT2D eigenvalue weighted by molar-refractivity contribution is 0.0923. The van der Waals surface area contributed by atoms with E-state index in [0.29, 0.717) is 23.8 Å². The smallest absolute Gasteiger partial charge is 0.251 e. The maximum absolute atomic E-state index is 12.1. The van der Waals surface area contributed by atoms with Crippen molar-refractivity contribution in [3.05, 3.63) is 23.8 Å². The van der Waals surface area contributed by atoms with Crippen molar-refractivity contribution in [3.8, 4) is 11.5 Å². The van der Waals surface area contributed by atoms with E-state index in [-0.39, 0.29) is 17.7 Å². The fourth-order valence-electron chi connectivity index (χ4n) is 1.83. The zero-order chi connectivity index (χ0) is 14.4. The van der Waals surface area contributed by atoms with Crippen LogP contribution in [0.3, 0.4) is 0 Å². The summed E-state index contributed by atoms with van der Waals surface area (Å²) in [5.74, 6) is 0.387. The summed E-state index contributed by atoms with van der Waals surface area (Å²) in [5, 5.41) is 12.6. The molecular weight excluding hydrogens is 244 g/mol. The van der Waals surface area contributed by atoms with Crippen molar-refractivity contribution in [1.29, 1.82) is 0 Å². The lowest BCUT2D eigenvalue weighted by atomic mass is 10.0. The molecule has 5 heteroatoms. The van der Waals surface area contributed by atoms with Crippen LogP contribution in [0.4, 0.5) is 0 Å². The standard InChI is InChI=1S/C14H22N2O3/c1-9(2)11(6-7-15)16-14(18)10-4-5-13(19-3)12(17)8-10/h4-5,8-9,11,17H,6-7,15H2,1-3H3,(H,16,18). The number of carbonyl (C=O) groups excluding carboxylic acids is 1. The van der Waals surface area contributed by atoms with Gasteiger partial charge in [-0.25, -0.2) is 0 Å². The van der Waals surface area contributed by atoms with E-state index in [1.165, 1.54) is 13.2 Å². The monoisotopic (exact) mass is 266 g/mol. The molecule has 1 atom stereocenters. The number of ether oxygens (including phenoxy) is 1. The van der Waals surface area contributed by atoms with Gasteiger partial charge in [0.15, 0.2) is 11.5 Å². The summed E-state index contributed by atoms with van der Waals surface area (Å²) in [7, 11) is 1.46. The molecule has 0 bridgehead atoms. The molecule has 0 aliphatic rings. The molecule has 0 heterocycles. The number of phenols is 1. The van der Waals surface area contributed by atoms with Crippen LogP contribution in [-0.2, 0) is 0 Å². The second-order valence-corrected chi connectivity index (χ2v) is 4.79. The van der Waals surface area contributed by atoms with E-state index in [0.717, 1.165) is 6.42 Å². The van der Waals surface area contributed by atoms with Crippen molar-refractivity contribution in [2.75, 3.05) is 13.7 Å². The predicted molar refractivity (Wildman–Crippen MR) is 74.4 cm³/mol. The van der Waals surface area contributed by atoms with E-state index in [1.54, 1.807) is 12.1 Å². The number of methoxy groups -OCH3 is 1. The molecule has 1 aromatic carbocycles. The number of nitrogens with two attached hydrogens (primary N) is 1. The number of nitrogens with one attached hydrogen (secondary N) is 1. The third kappa shape index (κ3) is 4.13. The highest BCUT2D eigenvalue weighted by Gasteiger charge is 2.17. The molecule has 0 saturated carbocycles. The highest BCUT2D eigenvalue weighted by Crippen LogP contribution is 2.26. The van der Waals surface area contributed by atoms with Crippen LogP contribution in [-0.4, -0.2) is 30.7 Å². The van der Waals surface area contributed by atoms with Crippen LogP contribution in [0.2, 0.25) is 0 Å². The van der Waals surface area contributed by atoms with Crippen molar-refractivity contribution in [1.82, 2.24) is 5.32 Å². The van der Waals surface area contributed by atoms with Crippen molar-refractivity contribution >= 4 is 5.91 Å². The summed E-state index contributed by atoms with van der Waals surface area (Å²) < 4.78 is 4.94. The van der Waals surface area contributed by atoms with Crippen molar-refractivity contribution < 1.29 is 14.6 Å². The van der Waals surface area contributed by atoms with E-state index < -0.39 is 0 Å². The van der Waals surface area contributed by atoms with Crippen molar-refractivity contribution in [2.45, 2.75) is 26.3 Å². The predicted octanol–water partition coefficient (Wildman–Crippen LogP) is 1.50. The largest absolute Gasteiger partial charge is 0.504 e. The van der Waals surface area contributed by atoms with Crippen LogP contribution >= 0.6 is 0 Å². The number of phenolic OH excluding ortho intramolecular Hbond substituents is 1. The highest BCUT2D eigenvalue weighted by atomic mass is 16.5. The summed E-state index contributed by atoms with van der Waals surface area (Å²) in [6.07, 6.45) is 0.728. The molecule has 1 amide bonds. The van der Waals surface area contributed by atoms with Gasteiger partial charge in [-0.2, -0.15) is 0 Å². The minimum absolute atomic E-state index is 0.0294. The van der Waals surface area contributed by atoms with Gasteiger partial charge in [-0.05, 0) is 37.1 Å². The third-order valence-electron chi connectivity index (χ3n) is 3.04. The Morgan fingerprint density at radius 3 is 2.63 bits per heavy atom. The Labute approximate surface area is 113 Å². The van der Waals surface area contributed by atoms with Gasteiger partial charge in [-0.15, -0.1) is 0 Å². The van der Waals surface area contributed by atoms with Crippen molar-refractivity contribution in [3.63, 3.8) is 0 Å². The number of benzene rings is 1. The summed E-state index contributed by atoms with van der Waals surface area (Å²) in [5.41, 5.74) is 5.94. The molecule has 0 saturated heterocycles. The molecule has 1 rings (SSSR count). The fraction of sp³-hybridized carbons (Fsp3) is 0.500. The summed E-state index contributed by atoms with van der Waals surface area (Å²) in [6, 6.07) is 4.61. The second kappa shape index (κ2) is 6.99. The molecule has 4 N–H and O–H groups in total. The van der Waals surface area contributed by atoms with Gasteiger partial charge in [0.25, 0.3) is 5.91 Å². The average Bonchev–Trinajstić information content (AvgIpc) is 2.37. The molecule has 0 aliphatic carbocycles. The Balaban J connectivity index is 2.79. The van der Waals surface area contributed by atoms with Crippen LogP contribution < -0.4 is 15.8 Å². The van der Waals surface area contributed by atoms with Crippen LogP contribution in [0.5, 0.6) is 11.5 Å². The molecule has 0 aliphatic heterocycles.